The first-order valence-electron chi connectivity index (χ1n) is 8.87. The summed E-state index contributed by atoms with van der Waals surface area (Å²) in [4.78, 5) is 12.4. The van der Waals surface area contributed by atoms with Gasteiger partial charge in [-0.1, -0.05) is 43.7 Å². The smallest absolute Gasteiger partial charge is 0.223 e. The Labute approximate surface area is 133 Å². The van der Waals surface area contributed by atoms with Crippen LogP contribution in [0.3, 0.4) is 0 Å². The highest BCUT2D eigenvalue weighted by Crippen LogP contribution is 2.71. The van der Waals surface area contributed by atoms with Crippen LogP contribution in [0.5, 0.6) is 0 Å². The van der Waals surface area contributed by atoms with Crippen LogP contribution in [0.25, 0.3) is 0 Å². The zero-order valence-corrected chi connectivity index (χ0v) is 13.6. The van der Waals surface area contributed by atoms with Crippen LogP contribution in [0.1, 0.15) is 63.9 Å². The van der Waals surface area contributed by atoms with Crippen molar-refractivity contribution < 1.29 is 4.79 Å². The fraction of sp³-hybridized carbons (Fsp3) is 0.650. The second-order valence-corrected chi connectivity index (χ2v) is 8.55. The fourth-order valence-electron chi connectivity index (χ4n) is 6.84. The van der Waals surface area contributed by atoms with E-state index in [1.54, 1.807) is 0 Å². The molecule has 2 heteroatoms. The van der Waals surface area contributed by atoms with Crippen LogP contribution in [0.15, 0.2) is 30.3 Å². The molecule has 4 aliphatic rings. The molecule has 4 bridgehead atoms. The van der Waals surface area contributed by atoms with Gasteiger partial charge in [0.05, 0.1) is 5.41 Å². The number of primary amides is 1. The zero-order chi connectivity index (χ0) is 15.4. The molecular formula is C20H27NO. The van der Waals surface area contributed by atoms with Crippen LogP contribution in [0.4, 0.5) is 0 Å². The lowest BCUT2D eigenvalue weighted by molar-refractivity contribution is -0.160. The Morgan fingerprint density at radius 3 is 2.59 bits per heavy atom. The van der Waals surface area contributed by atoms with Gasteiger partial charge in [-0.05, 0) is 67.3 Å². The van der Waals surface area contributed by atoms with Crippen LogP contribution in [-0.2, 0) is 10.2 Å². The van der Waals surface area contributed by atoms with Gasteiger partial charge in [-0.15, -0.1) is 0 Å². The van der Waals surface area contributed by atoms with Gasteiger partial charge in [0.25, 0.3) is 0 Å². The summed E-state index contributed by atoms with van der Waals surface area (Å²) in [5, 5.41) is 0. The Hall–Kier alpha value is -1.31. The summed E-state index contributed by atoms with van der Waals surface area (Å²) < 4.78 is 0. The molecule has 118 valence electrons. The lowest BCUT2D eigenvalue weighted by atomic mass is 9.37. The highest BCUT2D eigenvalue weighted by atomic mass is 16.1. The number of hydrogen-bond acceptors (Lipinski definition) is 1. The minimum Gasteiger partial charge on any atom is -0.369 e. The van der Waals surface area contributed by atoms with Gasteiger partial charge in [0.1, 0.15) is 0 Å². The summed E-state index contributed by atoms with van der Waals surface area (Å²) in [7, 11) is 0. The SMILES string of the molecule is CCC[C@@]12CC3CC(C(N)=O)(C1)C[C@](c1ccccc1)(C3)C2. The summed E-state index contributed by atoms with van der Waals surface area (Å²) >= 11 is 0. The summed E-state index contributed by atoms with van der Waals surface area (Å²) in [6.45, 7) is 2.28. The number of rotatable bonds is 4. The molecule has 2 N–H and O–H groups in total. The molecule has 1 aromatic carbocycles. The molecule has 22 heavy (non-hydrogen) atoms. The first kappa shape index (κ1) is 14.3. The molecule has 0 saturated heterocycles. The summed E-state index contributed by atoms with van der Waals surface area (Å²) in [5.41, 5.74) is 7.72. The number of carbonyl (C=O) groups is 1. The molecule has 2 unspecified atom stereocenters. The molecule has 0 radical (unpaired) electrons. The van der Waals surface area contributed by atoms with Gasteiger partial charge in [0, 0.05) is 0 Å². The van der Waals surface area contributed by atoms with Gasteiger partial charge >= 0.3 is 0 Å². The molecule has 1 amide bonds. The number of carbonyl (C=O) groups excluding carboxylic acids is 1. The number of amides is 1. The van der Waals surface area contributed by atoms with E-state index in [1.807, 2.05) is 0 Å². The second-order valence-electron chi connectivity index (χ2n) is 8.55. The third kappa shape index (κ3) is 1.89. The van der Waals surface area contributed by atoms with E-state index in [0.29, 0.717) is 11.3 Å². The van der Waals surface area contributed by atoms with E-state index in [-0.39, 0.29) is 16.7 Å². The average Bonchev–Trinajstić information content (AvgIpc) is 2.46. The van der Waals surface area contributed by atoms with Crippen molar-refractivity contribution in [2.45, 2.75) is 63.7 Å². The maximum atomic E-state index is 12.4. The second kappa shape index (κ2) is 4.59. The fourth-order valence-corrected chi connectivity index (χ4v) is 6.84. The van der Waals surface area contributed by atoms with Crippen LogP contribution in [-0.4, -0.2) is 5.91 Å². The minimum atomic E-state index is -0.232. The molecule has 0 aromatic heterocycles. The van der Waals surface area contributed by atoms with Crippen LogP contribution in [0.2, 0.25) is 0 Å². The molecule has 0 aliphatic heterocycles. The highest BCUT2D eigenvalue weighted by molar-refractivity contribution is 5.82. The van der Waals surface area contributed by atoms with Crippen molar-refractivity contribution in [1.82, 2.24) is 0 Å². The predicted molar refractivity (Wildman–Crippen MR) is 88.3 cm³/mol. The van der Waals surface area contributed by atoms with Crippen LogP contribution >= 0.6 is 0 Å². The third-order valence-corrected chi connectivity index (χ3v) is 6.87. The van der Waals surface area contributed by atoms with E-state index >= 15 is 0 Å². The molecule has 5 rings (SSSR count). The average molecular weight is 297 g/mol. The van der Waals surface area contributed by atoms with Gasteiger partial charge < -0.3 is 5.73 Å². The highest BCUT2D eigenvalue weighted by Gasteiger charge is 2.65. The first-order valence-corrected chi connectivity index (χ1v) is 8.87. The van der Waals surface area contributed by atoms with Crippen molar-refractivity contribution in [2.75, 3.05) is 0 Å². The molecule has 2 nitrogen and oxygen atoms in total. The number of hydrogen-bond donors (Lipinski definition) is 1. The molecule has 0 heterocycles. The Bertz CT molecular complexity index is 597. The molecule has 4 saturated carbocycles. The van der Waals surface area contributed by atoms with Crippen molar-refractivity contribution in [3.05, 3.63) is 35.9 Å². The molecule has 4 fully saturated rings. The Kier molecular flexibility index (Phi) is 2.99. The first-order chi connectivity index (χ1) is 10.5. The topological polar surface area (TPSA) is 43.1 Å². The molecule has 0 spiro atoms. The third-order valence-electron chi connectivity index (χ3n) is 6.87. The lowest BCUT2D eigenvalue weighted by Crippen LogP contribution is -2.62. The van der Waals surface area contributed by atoms with E-state index in [9.17, 15) is 4.79 Å². The van der Waals surface area contributed by atoms with Crippen molar-refractivity contribution in [3.8, 4) is 0 Å². The van der Waals surface area contributed by atoms with E-state index in [0.717, 1.165) is 19.3 Å². The number of benzene rings is 1. The summed E-state index contributed by atoms with van der Waals surface area (Å²) in [6, 6.07) is 11.0. The Balaban J connectivity index is 1.83. The van der Waals surface area contributed by atoms with E-state index < -0.39 is 0 Å². The van der Waals surface area contributed by atoms with E-state index in [2.05, 4.69) is 37.3 Å². The molecule has 1 aromatic rings. The van der Waals surface area contributed by atoms with Gasteiger partial charge in [0.15, 0.2) is 0 Å². The minimum absolute atomic E-state index is 0.0302. The summed E-state index contributed by atoms with van der Waals surface area (Å²) in [5.74, 6) is 0.660. The maximum Gasteiger partial charge on any atom is 0.223 e. The quantitative estimate of drug-likeness (QED) is 0.890. The van der Waals surface area contributed by atoms with E-state index in [1.165, 1.54) is 37.7 Å². The van der Waals surface area contributed by atoms with Gasteiger partial charge in [-0.2, -0.15) is 0 Å². The normalized spacial score (nSPS) is 42.5. The van der Waals surface area contributed by atoms with E-state index in [4.69, 9.17) is 5.73 Å². The molecule has 4 atom stereocenters. The van der Waals surface area contributed by atoms with Crippen molar-refractivity contribution >= 4 is 5.91 Å². The Morgan fingerprint density at radius 2 is 1.91 bits per heavy atom. The standard InChI is InChI=1S/C20H27NO/c1-2-8-18-9-15-10-19(12-18,16-6-4-3-5-7-16)14-20(11-15,13-18)17(21)22/h3-7,15H,2,8-14H2,1H3,(H2,21,22)/t15?,18-,19-,20?/m0/s1. The van der Waals surface area contributed by atoms with Gasteiger partial charge in [-0.3, -0.25) is 4.79 Å². The summed E-state index contributed by atoms with van der Waals surface area (Å²) in [6.07, 6.45) is 9.41. The van der Waals surface area contributed by atoms with Crippen molar-refractivity contribution in [3.63, 3.8) is 0 Å². The van der Waals surface area contributed by atoms with Crippen molar-refractivity contribution in [2.24, 2.45) is 22.5 Å². The van der Waals surface area contributed by atoms with Crippen LogP contribution in [0, 0.1) is 16.7 Å². The number of nitrogens with two attached hydrogens (primary N) is 1. The molecule has 4 aliphatic carbocycles. The van der Waals surface area contributed by atoms with Crippen molar-refractivity contribution in [1.29, 1.82) is 0 Å². The monoisotopic (exact) mass is 297 g/mol. The lowest BCUT2D eigenvalue weighted by Gasteiger charge is -2.66. The van der Waals surface area contributed by atoms with Crippen LogP contribution < -0.4 is 5.73 Å². The largest absolute Gasteiger partial charge is 0.369 e. The zero-order valence-electron chi connectivity index (χ0n) is 13.6. The van der Waals surface area contributed by atoms with Gasteiger partial charge in [-0.25, -0.2) is 0 Å². The Morgan fingerprint density at radius 1 is 1.14 bits per heavy atom. The predicted octanol–water partition coefficient (Wildman–Crippen LogP) is 4.18. The maximum absolute atomic E-state index is 12.4. The van der Waals surface area contributed by atoms with Gasteiger partial charge in [0.2, 0.25) is 5.91 Å². The molecular weight excluding hydrogens is 270 g/mol.